The van der Waals surface area contributed by atoms with Crippen LogP contribution in [-0.4, -0.2) is 6.03 Å². The van der Waals surface area contributed by atoms with Gasteiger partial charge in [-0.1, -0.05) is 12.1 Å². The monoisotopic (exact) mass is 298 g/mol. The minimum Gasteiger partial charge on any atom is -0.467 e. The molecular weight excluding hydrogens is 285 g/mol. The van der Waals surface area contributed by atoms with Crippen LogP contribution in [0.2, 0.25) is 0 Å². The van der Waals surface area contributed by atoms with Gasteiger partial charge in [0.15, 0.2) is 0 Å². The molecule has 1 heterocycles. The number of carbonyl (C=O) groups excluding carboxylic acids is 1. The molecule has 2 N–H and O–H groups in total. The summed E-state index contributed by atoms with van der Waals surface area (Å²) in [6, 6.07) is 7.73. The van der Waals surface area contributed by atoms with Crippen LogP contribution in [0.15, 0.2) is 47.1 Å². The minimum atomic E-state index is -4.39. The molecule has 0 atom stereocenters. The van der Waals surface area contributed by atoms with Gasteiger partial charge < -0.3 is 15.1 Å². The Morgan fingerprint density at radius 2 is 1.86 bits per heavy atom. The summed E-state index contributed by atoms with van der Waals surface area (Å²) in [7, 11) is 0. The summed E-state index contributed by atoms with van der Waals surface area (Å²) in [4.78, 5) is 11.5. The quantitative estimate of drug-likeness (QED) is 0.910. The van der Waals surface area contributed by atoms with Crippen LogP contribution in [0.3, 0.4) is 0 Å². The summed E-state index contributed by atoms with van der Waals surface area (Å²) < 4.78 is 42.6. The summed E-state index contributed by atoms with van der Waals surface area (Å²) in [6.45, 7) is 0.218. The SMILES string of the molecule is O=C(NCc1cccc(C(F)(F)F)c1)NCc1ccco1. The molecule has 0 spiro atoms. The summed E-state index contributed by atoms with van der Waals surface area (Å²) in [5, 5.41) is 5.02. The maximum absolute atomic E-state index is 12.5. The van der Waals surface area contributed by atoms with Crippen LogP contribution in [0.4, 0.5) is 18.0 Å². The first-order chi connectivity index (χ1) is 9.95. The molecule has 7 heteroatoms. The zero-order valence-corrected chi connectivity index (χ0v) is 10.9. The largest absolute Gasteiger partial charge is 0.467 e. The van der Waals surface area contributed by atoms with Crippen molar-refractivity contribution in [3.63, 3.8) is 0 Å². The van der Waals surface area contributed by atoms with E-state index in [-0.39, 0.29) is 13.1 Å². The molecule has 2 amide bonds. The minimum absolute atomic E-state index is 0.00785. The Morgan fingerprint density at radius 3 is 2.52 bits per heavy atom. The Labute approximate surface area is 119 Å². The number of hydrogen-bond acceptors (Lipinski definition) is 2. The van der Waals surface area contributed by atoms with Crippen LogP contribution in [0.25, 0.3) is 0 Å². The average molecular weight is 298 g/mol. The van der Waals surface area contributed by atoms with Crippen LogP contribution < -0.4 is 10.6 Å². The molecule has 2 rings (SSSR count). The van der Waals surface area contributed by atoms with E-state index >= 15 is 0 Å². The lowest BCUT2D eigenvalue weighted by molar-refractivity contribution is -0.137. The van der Waals surface area contributed by atoms with Crippen molar-refractivity contribution in [2.45, 2.75) is 19.3 Å². The fourth-order valence-corrected chi connectivity index (χ4v) is 1.68. The van der Waals surface area contributed by atoms with E-state index in [0.29, 0.717) is 11.3 Å². The highest BCUT2D eigenvalue weighted by Gasteiger charge is 2.30. The first kappa shape index (κ1) is 15.0. The van der Waals surface area contributed by atoms with Crippen LogP contribution in [-0.2, 0) is 19.3 Å². The Hall–Kier alpha value is -2.44. The Balaban J connectivity index is 1.83. The molecule has 0 saturated heterocycles. The summed E-state index contributed by atoms with van der Waals surface area (Å²) >= 11 is 0. The summed E-state index contributed by atoms with van der Waals surface area (Å²) in [5.41, 5.74) is -0.365. The van der Waals surface area contributed by atoms with Crippen molar-refractivity contribution >= 4 is 6.03 Å². The number of benzene rings is 1. The molecule has 0 radical (unpaired) electrons. The lowest BCUT2D eigenvalue weighted by Gasteiger charge is -2.10. The predicted molar refractivity (Wildman–Crippen MR) is 69.2 cm³/mol. The van der Waals surface area contributed by atoms with Gasteiger partial charge in [0.2, 0.25) is 0 Å². The predicted octanol–water partition coefficient (Wildman–Crippen LogP) is 3.30. The summed E-state index contributed by atoms with van der Waals surface area (Å²) in [5.74, 6) is 0.587. The highest BCUT2D eigenvalue weighted by Crippen LogP contribution is 2.29. The Bertz CT molecular complexity index is 595. The number of carbonyl (C=O) groups is 1. The van der Waals surface area contributed by atoms with Gasteiger partial charge >= 0.3 is 12.2 Å². The number of furan rings is 1. The molecule has 0 fully saturated rings. The van der Waals surface area contributed by atoms with Crippen molar-refractivity contribution in [2.24, 2.45) is 0 Å². The number of hydrogen-bond donors (Lipinski definition) is 2. The van der Waals surface area contributed by atoms with Crippen molar-refractivity contribution < 1.29 is 22.4 Å². The third-order valence-electron chi connectivity index (χ3n) is 2.71. The molecule has 1 aromatic carbocycles. The molecule has 21 heavy (non-hydrogen) atoms. The van der Waals surface area contributed by atoms with E-state index in [0.717, 1.165) is 12.1 Å². The smallest absolute Gasteiger partial charge is 0.416 e. The fraction of sp³-hybridized carbons (Fsp3) is 0.214. The molecule has 112 valence electrons. The standard InChI is InChI=1S/C14H13F3N2O2/c15-14(16,17)11-4-1-3-10(7-11)8-18-13(20)19-9-12-5-2-6-21-12/h1-7H,8-9H2,(H2,18,19,20). The van der Waals surface area contributed by atoms with E-state index in [9.17, 15) is 18.0 Å². The Morgan fingerprint density at radius 1 is 1.10 bits per heavy atom. The summed E-state index contributed by atoms with van der Waals surface area (Å²) in [6.07, 6.45) is -2.91. The maximum atomic E-state index is 12.5. The lowest BCUT2D eigenvalue weighted by Crippen LogP contribution is -2.34. The van der Waals surface area contributed by atoms with Gasteiger partial charge in [-0.25, -0.2) is 4.79 Å². The molecule has 0 unspecified atom stereocenters. The number of halogens is 3. The molecule has 2 aromatic rings. The van der Waals surface area contributed by atoms with Gasteiger partial charge in [0.05, 0.1) is 18.4 Å². The second kappa shape index (κ2) is 6.34. The van der Waals surface area contributed by atoms with Crippen LogP contribution in [0, 0.1) is 0 Å². The van der Waals surface area contributed by atoms with Crippen molar-refractivity contribution in [1.82, 2.24) is 10.6 Å². The first-order valence-electron chi connectivity index (χ1n) is 6.15. The van der Waals surface area contributed by atoms with Gasteiger partial charge in [0, 0.05) is 6.54 Å². The number of alkyl halides is 3. The van der Waals surface area contributed by atoms with E-state index in [1.54, 1.807) is 12.1 Å². The lowest BCUT2D eigenvalue weighted by atomic mass is 10.1. The third kappa shape index (κ3) is 4.55. The van der Waals surface area contributed by atoms with Gasteiger partial charge in [-0.15, -0.1) is 0 Å². The number of rotatable bonds is 4. The van der Waals surface area contributed by atoms with Crippen LogP contribution >= 0.6 is 0 Å². The zero-order valence-electron chi connectivity index (χ0n) is 10.9. The number of urea groups is 1. The van der Waals surface area contributed by atoms with Gasteiger partial charge in [-0.3, -0.25) is 0 Å². The van der Waals surface area contributed by atoms with Crippen molar-refractivity contribution in [2.75, 3.05) is 0 Å². The van der Waals surface area contributed by atoms with E-state index in [2.05, 4.69) is 10.6 Å². The van der Waals surface area contributed by atoms with Crippen molar-refractivity contribution in [1.29, 1.82) is 0 Å². The molecule has 4 nitrogen and oxygen atoms in total. The van der Waals surface area contributed by atoms with Crippen LogP contribution in [0.1, 0.15) is 16.9 Å². The van der Waals surface area contributed by atoms with E-state index in [1.807, 2.05) is 0 Å². The molecule has 0 aliphatic heterocycles. The van der Waals surface area contributed by atoms with Crippen molar-refractivity contribution in [3.8, 4) is 0 Å². The molecule has 0 aliphatic rings. The van der Waals surface area contributed by atoms with Gasteiger partial charge in [0.25, 0.3) is 0 Å². The Kier molecular flexibility index (Phi) is 4.52. The van der Waals surface area contributed by atoms with E-state index in [1.165, 1.54) is 18.4 Å². The normalized spacial score (nSPS) is 11.2. The van der Waals surface area contributed by atoms with Gasteiger partial charge in [-0.2, -0.15) is 13.2 Å². The number of amides is 2. The first-order valence-corrected chi connectivity index (χ1v) is 6.15. The topological polar surface area (TPSA) is 54.3 Å². The second-order valence-electron chi connectivity index (χ2n) is 4.31. The van der Waals surface area contributed by atoms with Gasteiger partial charge in [-0.05, 0) is 29.8 Å². The average Bonchev–Trinajstić information content (AvgIpc) is 2.95. The van der Waals surface area contributed by atoms with Crippen LogP contribution in [0.5, 0.6) is 0 Å². The highest BCUT2D eigenvalue weighted by atomic mass is 19.4. The highest BCUT2D eigenvalue weighted by molar-refractivity contribution is 5.73. The molecular formula is C14H13F3N2O2. The molecule has 0 aliphatic carbocycles. The van der Waals surface area contributed by atoms with Gasteiger partial charge in [0.1, 0.15) is 5.76 Å². The third-order valence-corrected chi connectivity index (χ3v) is 2.71. The molecule has 0 saturated carbocycles. The number of nitrogens with one attached hydrogen (secondary N) is 2. The van der Waals surface area contributed by atoms with E-state index in [4.69, 9.17) is 4.42 Å². The molecule has 0 bridgehead atoms. The zero-order chi connectivity index (χ0) is 15.3. The second-order valence-corrected chi connectivity index (χ2v) is 4.31. The fourth-order valence-electron chi connectivity index (χ4n) is 1.68. The van der Waals surface area contributed by atoms with E-state index < -0.39 is 17.8 Å². The maximum Gasteiger partial charge on any atom is 0.416 e. The van der Waals surface area contributed by atoms with Crippen molar-refractivity contribution in [3.05, 3.63) is 59.5 Å². The molecule has 1 aromatic heterocycles.